The first-order chi connectivity index (χ1) is 12.1. The highest BCUT2D eigenvalue weighted by molar-refractivity contribution is 5.87. The number of carboxylic acids is 1. The number of rotatable bonds is 4. The van der Waals surface area contributed by atoms with Crippen molar-refractivity contribution in [2.24, 2.45) is 16.7 Å². The van der Waals surface area contributed by atoms with Crippen LogP contribution in [0.2, 0.25) is 0 Å². The highest BCUT2D eigenvalue weighted by Crippen LogP contribution is 2.51. The van der Waals surface area contributed by atoms with Crippen LogP contribution in [-0.2, 0) is 11.3 Å². The van der Waals surface area contributed by atoms with E-state index in [9.17, 15) is 4.79 Å². The summed E-state index contributed by atoms with van der Waals surface area (Å²) in [5.41, 5.74) is 4.69. The van der Waals surface area contributed by atoms with Crippen molar-refractivity contribution >= 4 is 5.97 Å². The minimum atomic E-state index is -0.897. The van der Waals surface area contributed by atoms with Gasteiger partial charge in [-0.15, -0.1) is 0 Å². The Bertz CT molecular complexity index is 745. The van der Waals surface area contributed by atoms with Crippen molar-refractivity contribution in [2.75, 3.05) is 0 Å². The lowest BCUT2D eigenvalue weighted by Crippen LogP contribution is -2.24. The average molecular weight is 354 g/mol. The Morgan fingerprint density at radius 1 is 1.23 bits per heavy atom. The van der Waals surface area contributed by atoms with Crippen LogP contribution < -0.4 is 0 Å². The Morgan fingerprint density at radius 2 is 1.88 bits per heavy atom. The minimum Gasteiger partial charge on any atom is -0.478 e. The second-order valence-corrected chi connectivity index (χ2v) is 9.44. The molecule has 140 valence electrons. The smallest absolute Gasteiger partial charge is 0.335 e. The summed E-state index contributed by atoms with van der Waals surface area (Å²) in [5, 5.41) is 9.01. The summed E-state index contributed by atoms with van der Waals surface area (Å²) in [6.07, 6.45) is 6.86. The van der Waals surface area contributed by atoms with E-state index in [1.54, 1.807) is 17.7 Å². The SMILES string of the molecule is CC1(C)C=CC2=C(C1)C(C(C)(C)C)CC2OCc1ccc(C(=O)O)cc1. The second-order valence-electron chi connectivity index (χ2n) is 9.44. The van der Waals surface area contributed by atoms with E-state index in [1.807, 2.05) is 12.1 Å². The molecular formula is C23H30O3. The van der Waals surface area contributed by atoms with E-state index in [0.717, 1.165) is 18.4 Å². The standard InChI is InChI=1S/C23H30O3/c1-22(2,3)19-12-20(17-10-11-23(4,5)13-18(17)19)26-14-15-6-8-16(9-7-15)21(24)25/h6-11,19-20H,12-14H2,1-5H3,(H,24,25). The van der Waals surface area contributed by atoms with Crippen LogP contribution in [0.25, 0.3) is 0 Å². The summed E-state index contributed by atoms with van der Waals surface area (Å²) >= 11 is 0. The van der Waals surface area contributed by atoms with Gasteiger partial charge in [0, 0.05) is 0 Å². The van der Waals surface area contributed by atoms with Crippen molar-refractivity contribution in [3.63, 3.8) is 0 Å². The average Bonchev–Trinajstić information content (AvgIpc) is 2.90. The number of hydrogen-bond donors (Lipinski definition) is 1. The number of carboxylic acid groups (broad SMARTS) is 1. The molecule has 3 heteroatoms. The first kappa shape index (κ1) is 18.9. The largest absolute Gasteiger partial charge is 0.478 e. The van der Waals surface area contributed by atoms with E-state index in [1.165, 1.54) is 5.57 Å². The van der Waals surface area contributed by atoms with E-state index < -0.39 is 5.97 Å². The summed E-state index contributed by atoms with van der Waals surface area (Å²) in [4.78, 5) is 11.0. The molecule has 2 aliphatic carbocycles. The van der Waals surface area contributed by atoms with E-state index >= 15 is 0 Å². The van der Waals surface area contributed by atoms with Crippen LogP contribution >= 0.6 is 0 Å². The molecule has 0 radical (unpaired) electrons. The lowest BCUT2D eigenvalue weighted by atomic mass is 9.71. The molecule has 1 aromatic carbocycles. The fraction of sp³-hybridized carbons (Fsp3) is 0.522. The highest BCUT2D eigenvalue weighted by atomic mass is 16.5. The molecule has 2 aliphatic rings. The molecule has 0 fully saturated rings. The Morgan fingerprint density at radius 3 is 2.46 bits per heavy atom. The molecule has 3 nitrogen and oxygen atoms in total. The summed E-state index contributed by atoms with van der Waals surface area (Å²) in [6.45, 7) is 12.1. The molecule has 0 aliphatic heterocycles. The van der Waals surface area contributed by atoms with Crippen LogP contribution in [0.1, 0.15) is 63.4 Å². The molecule has 1 N–H and O–H groups in total. The molecule has 0 amide bonds. The van der Waals surface area contributed by atoms with E-state index in [-0.39, 0.29) is 16.9 Å². The van der Waals surface area contributed by atoms with Gasteiger partial charge in [0.25, 0.3) is 0 Å². The molecule has 2 atom stereocenters. The maximum Gasteiger partial charge on any atom is 0.335 e. The van der Waals surface area contributed by atoms with E-state index in [4.69, 9.17) is 9.84 Å². The van der Waals surface area contributed by atoms with Gasteiger partial charge in [-0.3, -0.25) is 0 Å². The summed E-state index contributed by atoms with van der Waals surface area (Å²) in [6, 6.07) is 6.96. The zero-order valence-corrected chi connectivity index (χ0v) is 16.5. The molecule has 0 bridgehead atoms. The van der Waals surface area contributed by atoms with Gasteiger partial charge >= 0.3 is 5.97 Å². The Hall–Kier alpha value is -1.87. The third-order valence-electron chi connectivity index (χ3n) is 5.65. The van der Waals surface area contributed by atoms with Gasteiger partial charge in [0.1, 0.15) is 0 Å². The third kappa shape index (κ3) is 3.93. The zero-order valence-electron chi connectivity index (χ0n) is 16.5. The number of aromatic carboxylic acids is 1. The van der Waals surface area contributed by atoms with Crippen LogP contribution in [0.5, 0.6) is 0 Å². The number of allylic oxidation sites excluding steroid dienone is 2. The molecule has 0 aromatic heterocycles. The van der Waals surface area contributed by atoms with Gasteiger partial charge in [0.05, 0.1) is 18.3 Å². The van der Waals surface area contributed by atoms with Crippen LogP contribution in [0.4, 0.5) is 0 Å². The van der Waals surface area contributed by atoms with Crippen LogP contribution in [-0.4, -0.2) is 17.2 Å². The van der Waals surface area contributed by atoms with Crippen LogP contribution in [0, 0.1) is 16.7 Å². The highest BCUT2D eigenvalue weighted by Gasteiger charge is 2.42. The summed E-state index contributed by atoms with van der Waals surface area (Å²) < 4.78 is 6.30. The molecule has 0 saturated heterocycles. The monoisotopic (exact) mass is 354 g/mol. The normalized spacial score (nSPS) is 24.7. The van der Waals surface area contributed by atoms with Crippen molar-refractivity contribution < 1.29 is 14.6 Å². The minimum absolute atomic E-state index is 0.126. The molecule has 3 rings (SSSR count). The maximum absolute atomic E-state index is 11.0. The van der Waals surface area contributed by atoms with Gasteiger partial charge in [-0.1, -0.05) is 64.5 Å². The molecule has 0 spiro atoms. The molecule has 1 aromatic rings. The van der Waals surface area contributed by atoms with Gasteiger partial charge in [-0.2, -0.15) is 0 Å². The molecular weight excluding hydrogens is 324 g/mol. The number of carbonyl (C=O) groups is 1. The topological polar surface area (TPSA) is 46.5 Å². The van der Waals surface area contributed by atoms with Crippen molar-refractivity contribution in [2.45, 2.75) is 60.2 Å². The Labute approximate surface area is 156 Å². The van der Waals surface area contributed by atoms with Gasteiger partial charge in [0.15, 0.2) is 0 Å². The lowest BCUT2D eigenvalue weighted by molar-refractivity contribution is 0.0530. The molecule has 26 heavy (non-hydrogen) atoms. The van der Waals surface area contributed by atoms with Crippen molar-refractivity contribution in [3.8, 4) is 0 Å². The van der Waals surface area contributed by atoms with E-state index in [2.05, 4.69) is 46.8 Å². The van der Waals surface area contributed by atoms with Crippen LogP contribution in [0.3, 0.4) is 0 Å². The third-order valence-corrected chi connectivity index (χ3v) is 5.65. The first-order valence-electron chi connectivity index (χ1n) is 9.43. The fourth-order valence-corrected chi connectivity index (χ4v) is 4.17. The molecule has 0 heterocycles. The molecule has 0 saturated carbocycles. The first-order valence-corrected chi connectivity index (χ1v) is 9.43. The predicted molar refractivity (Wildman–Crippen MR) is 104 cm³/mol. The van der Waals surface area contributed by atoms with Gasteiger partial charge < -0.3 is 9.84 Å². The van der Waals surface area contributed by atoms with Crippen molar-refractivity contribution in [1.82, 2.24) is 0 Å². The predicted octanol–water partition coefficient (Wildman–Crippen LogP) is 5.62. The molecule has 2 unspecified atom stereocenters. The Kier molecular flexibility index (Phi) is 4.87. The quantitative estimate of drug-likeness (QED) is 0.763. The fourth-order valence-electron chi connectivity index (χ4n) is 4.17. The number of hydrogen-bond acceptors (Lipinski definition) is 2. The zero-order chi connectivity index (χ0) is 19.1. The van der Waals surface area contributed by atoms with Crippen molar-refractivity contribution in [1.29, 1.82) is 0 Å². The maximum atomic E-state index is 11.0. The number of benzene rings is 1. The summed E-state index contributed by atoms with van der Waals surface area (Å²) in [5.74, 6) is -0.354. The van der Waals surface area contributed by atoms with Crippen molar-refractivity contribution in [3.05, 3.63) is 58.7 Å². The van der Waals surface area contributed by atoms with Crippen LogP contribution in [0.15, 0.2) is 47.6 Å². The van der Waals surface area contributed by atoms with Gasteiger partial charge in [0.2, 0.25) is 0 Å². The van der Waals surface area contributed by atoms with Gasteiger partial charge in [-0.05, 0) is 52.9 Å². The summed E-state index contributed by atoms with van der Waals surface area (Å²) in [7, 11) is 0. The second kappa shape index (κ2) is 6.70. The Balaban J connectivity index is 1.75. The van der Waals surface area contributed by atoms with E-state index in [0.29, 0.717) is 18.1 Å². The number of ether oxygens (including phenoxy) is 1. The lowest BCUT2D eigenvalue weighted by Gasteiger charge is -2.34. The van der Waals surface area contributed by atoms with Gasteiger partial charge in [-0.25, -0.2) is 4.79 Å².